The number of ether oxygens (including phenoxy) is 1. The van der Waals surface area contributed by atoms with Crippen molar-refractivity contribution in [2.45, 2.75) is 56.9 Å². The highest BCUT2D eigenvalue weighted by Gasteiger charge is 2.40. The van der Waals surface area contributed by atoms with Crippen molar-refractivity contribution >= 4 is 49.8 Å². The number of carbonyl (C=O) groups excluding carboxylic acids is 2. The van der Waals surface area contributed by atoms with Crippen molar-refractivity contribution < 1.29 is 22.7 Å². The van der Waals surface area contributed by atoms with E-state index in [0.29, 0.717) is 34.3 Å². The van der Waals surface area contributed by atoms with Gasteiger partial charge in [-0.25, -0.2) is 13.2 Å². The minimum atomic E-state index is -3.86. The Morgan fingerprint density at radius 3 is 2.67 bits per heavy atom. The van der Waals surface area contributed by atoms with Gasteiger partial charge >= 0.3 is 5.97 Å². The molecule has 1 aromatic heterocycles. The maximum Gasteiger partial charge on any atom is 0.341 e. The Morgan fingerprint density at radius 1 is 1.24 bits per heavy atom. The minimum Gasteiger partial charge on any atom is -0.462 e. The van der Waals surface area contributed by atoms with E-state index in [4.69, 9.17) is 16.3 Å². The number of hydrogen-bond acceptors (Lipinski definition) is 6. The number of esters is 1. The molecule has 0 saturated carbocycles. The van der Waals surface area contributed by atoms with Crippen LogP contribution in [0.4, 0.5) is 5.00 Å². The van der Waals surface area contributed by atoms with Crippen molar-refractivity contribution in [3.63, 3.8) is 0 Å². The number of carbonyl (C=O) groups is 2. The van der Waals surface area contributed by atoms with Gasteiger partial charge < -0.3 is 10.1 Å². The first-order valence-corrected chi connectivity index (χ1v) is 13.8. The lowest BCUT2D eigenvalue weighted by atomic mass is 9.88. The van der Waals surface area contributed by atoms with E-state index < -0.39 is 27.9 Å². The van der Waals surface area contributed by atoms with E-state index in [1.807, 2.05) is 0 Å². The first-order chi connectivity index (χ1) is 15.7. The van der Waals surface area contributed by atoms with Gasteiger partial charge in [-0.15, -0.1) is 11.3 Å². The van der Waals surface area contributed by atoms with Gasteiger partial charge in [0.05, 0.1) is 17.1 Å². The van der Waals surface area contributed by atoms with Gasteiger partial charge in [0, 0.05) is 16.4 Å². The van der Waals surface area contributed by atoms with Crippen LogP contribution in [0, 0.1) is 5.92 Å². The van der Waals surface area contributed by atoms with Gasteiger partial charge in [0.1, 0.15) is 11.0 Å². The number of benzene rings is 1. The molecule has 0 radical (unpaired) electrons. The minimum absolute atomic E-state index is 0.0967. The van der Waals surface area contributed by atoms with Crippen molar-refractivity contribution in [3.8, 4) is 0 Å². The lowest BCUT2D eigenvalue weighted by molar-refractivity contribution is -0.119. The van der Waals surface area contributed by atoms with E-state index in [9.17, 15) is 18.0 Å². The first kappa shape index (κ1) is 24.2. The third-order valence-corrected chi connectivity index (χ3v) is 9.50. The van der Waals surface area contributed by atoms with Crippen molar-refractivity contribution in [2.24, 2.45) is 5.92 Å². The van der Waals surface area contributed by atoms with E-state index in [1.54, 1.807) is 6.92 Å². The summed E-state index contributed by atoms with van der Waals surface area (Å²) < 4.78 is 32.9. The van der Waals surface area contributed by atoms with Crippen LogP contribution >= 0.6 is 22.9 Å². The average molecular weight is 511 g/mol. The molecule has 4 rings (SSSR count). The zero-order chi connectivity index (χ0) is 23.8. The van der Waals surface area contributed by atoms with Crippen molar-refractivity contribution in [1.29, 1.82) is 0 Å². The van der Waals surface area contributed by atoms with E-state index in [-0.39, 0.29) is 18.0 Å². The van der Waals surface area contributed by atoms with Crippen LogP contribution in [0.1, 0.15) is 53.9 Å². The van der Waals surface area contributed by atoms with Gasteiger partial charge in [-0.1, -0.05) is 18.5 Å². The zero-order valence-corrected chi connectivity index (χ0v) is 21.0. The molecule has 2 aliphatic rings. The topological polar surface area (TPSA) is 92.8 Å². The van der Waals surface area contributed by atoms with E-state index in [1.165, 1.54) is 39.9 Å². The summed E-state index contributed by atoms with van der Waals surface area (Å²) in [6.07, 6.45) is 3.57. The summed E-state index contributed by atoms with van der Waals surface area (Å²) in [5.74, 6) is -0.372. The fourth-order valence-corrected chi connectivity index (χ4v) is 7.67. The van der Waals surface area contributed by atoms with Crippen molar-refractivity contribution in [2.75, 3.05) is 18.5 Å². The highest BCUT2D eigenvalue weighted by atomic mass is 35.5. The first-order valence-electron chi connectivity index (χ1n) is 11.1. The molecule has 2 atom stereocenters. The van der Waals surface area contributed by atoms with E-state index in [2.05, 4.69) is 12.2 Å². The molecular weight excluding hydrogens is 484 g/mol. The summed E-state index contributed by atoms with van der Waals surface area (Å²) in [6.45, 7) is 4.41. The molecule has 33 heavy (non-hydrogen) atoms. The van der Waals surface area contributed by atoms with Crippen LogP contribution in [0.3, 0.4) is 0 Å². The monoisotopic (exact) mass is 510 g/mol. The normalized spacial score (nSPS) is 20.9. The Balaban J connectivity index is 1.61. The smallest absolute Gasteiger partial charge is 0.341 e. The standard InChI is InChI=1S/C23H27ClN2O5S2/c1-3-31-23(28)20-17-11-6-14(2)13-19(17)32-22(20)25-21(27)18-5-4-12-26(18)33(29,30)16-9-7-15(24)8-10-16/h7-10,14,18H,3-6,11-13H2,1-2H3,(H,25,27). The van der Waals surface area contributed by atoms with Crippen LogP contribution in [0.2, 0.25) is 5.02 Å². The van der Waals surface area contributed by atoms with Gasteiger partial charge in [0.25, 0.3) is 0 Å². The van der Waals surface area contributed by atoms with Crippen LogP contribution < -0.4 is 5.32 Å². The number of nitrogens with one attached hydrogen (secondary N) is 1. The highest BCUT2D eigenvalue weighted by Crippen LogP contribution is 2.40. The molecular formula is C23H27ClN2O5S2. The third kappa shape index (κ3) is 4.82. The summed E-state index contributed by atoms with van der Waals surface area (Å²) in [5.41, 5.74) is 1.37. The number of nitrogens with zero attached hydrogens (tertiary/aromatic N) is 1. The zero-order valence-electron chi connectivity index (χ0n) is 18.6. The maximum atomic E-state index is 13.3. The van der Waals surface area contributed by atoms with Crippen molar-refractivity contribution in [1.82, 2.24) is 4.31 Å². The van der Waals surface area contributed by atoms with Gasteiger partial charge in [-0.3, -0.25) is 4.79 Å². The quantitative estimate of drug-likeness (QED) is 0.578. The predicted octanol–water partition coefficient (Wildman–Crippen LogP) is 4.49. The van der Waals surface area contributed by atoms with Gasteiger partial charge in [-0.05, 0) is 74.8 Å². The third-order valence-electron chi connectivity index (χ3n) is 6.15. The summed E-state index contributed by atoms with van der Waals surface area (Å²) in [5, 5.41) is 3.77. The van der Waals surface area contributed by atoms with Gasteiger partial charge in [0.2, 0.25) is 15.9 Å². The van der Waals surface area contributed by atoms with Crippen LogP contribution in [0.25, 0.3) is 0 Å². The number of thiophene rings is 1. The Kier molecular flexibility index (Phi) is 7.14. The Hall–Kier alpha value is -1.94. The number of anilines is 1. The summed E-state index contributed by atoms with van der Waals surface area (Å²) in [6, 6.07) is 5.07. The van der Waals surface area contributed by atoms with E-state index in [0.717, 1.165) is 29.7 Å². The number of halogens is 1. The van der Waals surface area contributed by atoms with Crippen molar-refractivity contribution in [3.05, 3.63) is 45.3 Å². The van der Waals surface area contributed by atoms with Crippen LogP contribution in [0.15, 0.2) is 29.2 Å². The Bertz CT molecular complexity index is 1160. The highest BCUT2D eigenvalue weighted by molar-refractivity contribution is 7.89. The molecule has 1 fully saturated rings. The molecule has 1 N–H and O–H groups in total. The predicted molar refractivity (Wildman–Crippen MR) is 128 cm³/mol. The molecule has 0 bridgehead atoms. The molecule has 0 spiro atoms. The lowest BCUT2D eigenvalue weighted by Crippen LogP contribution is -2.43. The molecule has 1 saturated heterocycles. The molecule has 7 nitrogen and oxygen atoms in total. The Labute approximate surface area is 203 Å². The van der Waals surface area contributed by atoms with Gasteiger partial charge in [0.15, 0.2) is 0 Å². The molecule has 1 aliphatic carbocycles. The number of amides is 1. The SMILES string of the molecule is CCOC(=O)c1c(NC(=O)C2CCCN2S(=O)(=O)c2ccc(Cl)cc2)sc2c1CCC(C)C2. The average Bonchev–Trinajstić information content (AvgIpc) is 3.39. The molecule has 2 unspecified atom stereocenters. The van der Waals surface area contributed by atoms with Crippen LogP contribution in [0.5, 0.6) is 0 Å². The number of fused-ring (bicyclic) bond motifs is 1. The second-order valence-electron chi connectivity index (χ2n) is 8.49. The largest absolute Gasteiger partial charge is 0.462 e. The van der Waals surface area contributed by atoms with Gasteiger partial charge in [-0.2, -0.15) is 4.31 Å². The second kappa shape index (κ2) is 9.74. The fourth-order valence-electron chi connectivity index (χ4n) is 4.49. The summed E-state index contributed by atoms with van der Waals surface area (Å²) in [4.78, 5) is 27.2. The molecule has 2 heterocycles. The maximum absolute atomic E-state index is 13.3. The fraction of sp³-hybridized carbons (Fsp3) is 0.478. The summed E-state index contributed by atoms with van der Waals surface area (Å²) >= 11 is 7.29. The lowest BCUT2D eigenvalue weighted by Gasteiger charge is -2.23. The molecule has 1 aromatic carbocycles. The molecule has 10 heteroatoms. The van der Waals surface area contributed by atoms with Crippen LogP contribution in [-0.4, -0.2) is 43.8 Å². The molecule has 1 amide bonds. The van der Waals surface area contributed by atoms with E-state index >= 15 is 0 Å². The number of rotatable bonds is 6. The second-order valence-corrected chi connectivity index (χ2v) is 11.9. The molecule has 2 aromatic rings. The van der Waals surface area contributed by atoms with Crippen LogP contribution in [-0.2, 0) is 32.4 Å². The number of sulfonamides is 1. The molecule has 1 aliphatic heterocycles. The summed E-state index contributed by atoms with van der Waals surface area (Å²) in [7, 11) is -3.86. The number of hydrogen-bond donors (Lipinski definition) is 1. The Morgan fingerprint density at radius 2 is 1.97 bits per heavy atom. The molecule has 178 valence electrons.